The van der Waals surface area contributed by atoms with Gasteiger partial charge in [-0.25, -0.2) is 0 Å². The lowest BCUT2D eigenvalue weighted by Gasteiger charge is -2.46. The maximum atomic E-state index is 13.6. The summed E-state index contributed by atoms with van der Waals surface area (Å²) in [6.07, 6.45) is -11.6. The molecule has 20 atom stereocenters. The number of benzene rings is 4. The van der Waals surface area contributed by atoms with E-state index >= 15 is 0 Å². The van der Waals surface area contributed by atoms with Gasteiger partial charge in [-0.1, -0.05) is 98.8 Å². The van der Waals surface area contributed by atoms with E-state index in [9.17, 15) is 70.9 Å². The molecule has 0 saturated carbocycles. The lowest BCUT2D eigenvalue weighted by atomic mass is 9.79. The fourth-order valence-corrected chi connectivity index (χ4v) is 14.6. The van der Waals surface area contributed by atoms with Gasteiger partial charge in [-0.05, 0) is 85.9 Å². The number of ether oxygens (including phenoxy) is 8. The van der Waals surface area contributed by atoms with Crippen molar-refractivity contribution in [3.63, 3.8) is 0 Å². The number of hydrogen-bond donors (Lipinski definition) is 14. The van der Waals surface area contributed by atoms with E-state index in [2.05, 4.69) is 108 Å². The van der Waals surface area contributed by atoms with Gasteiger partial charge in [-0.2, -0.15) is 4.58 Å². The highest BCUT2D eigenvalue weighted by Crippen LogP contribution is 2.51. The van der Waals surface area contributed by atoms with E-state index in [0.717, 1.165) is 55.5 Å². The summed E-state index contributed by atoms with van der Waals surface area (Å²) in [4.78, 5) is 29.5. The standard InChI is InChI=1S/C73H98N4O22/c1-40-58(84)62(88)67(50(38-80)94-40)99-71-69(63(89)60(86)49(37-79)97-71)93-35-17-31-75-55(83)29-33-77-47-27-25-43-19-13-15-21-45(43)57(47)73(5,6)53(77)23-11-9-7-8-10-22-52-72(3,4)56-44-20-14-12-18-42(44)24-26-46(56)76(52)32-28-54(82)74-30-16-34-92-66-41(2)95-51(39-81)68(65(66)91)98-70-64(90)61(87)59(85)48(36-78)96-70/h7-15,18-27,40-41,48-51,58-71,78-81,84-91H,16-17,28-39H2,1-6H3,(H-,74,75,82,83)/p+1/t40-,41-,48-,49-,50-,51-,58+,59-,60-,61+,62-,63+,64-,65-,66+,67?,68-,69-,70?,71-/m1/s1. The van der Waals surface area contributed by atoms with E-state index in [0.29, 0.717) is 19.5 Å². The zero-order chi connectivity index (χ0) is 71.0. The van der Waals surface area contributed by atoms with Crippen molar-refractivity contribution >= 4 is 50.4 Å². The second-order valence-corrected chi connectivity index (χ2v) is 27.3. The van der Waals surface area contributed by atoms with Crippen molar-refractivity contribution in [3.05, 3.63) is 132 Å². The number of carbonyl (C=O) groups excluding carboxylic acids is 2. The van der Waals surface area contributed by atoms with Gasteiger partial charge in [-0.3, -0.25) is 9.59 Å². The van der Waals surface area contributed by atoms with E-state index in [1.807, 2.05) is 54.6 Å². The summed E-state index contributed by atoms with van der Waals surface area (Å²) in [6, 6.07) is 24.9. The number of allylic oxidation sites excluding steroid dienone is 8. The molecule has 0 aromatic heterocycles. The summed E-state index contributed by atoms with van der Waals surface area (Å²) in [5.41, 5.74) is 5.38. The highest BCUT2D eigenvalue weighted by molar-refractivity contribution is 6.07. The molecule has 14 N–H and O–H groups in total. The fourth-order valence-electron chi connectivity index (χ4n) is 14.6. The Morgan fingerprint density at radius 1 is 0.525 bits per heavy atom. The highest BCUT2D eigenvalue weighted by Gasteiger charge is 2.53. The van der Waals surface area contributed by atoms with Gasteiger partial charge in [0.1, 0.15) is 97.7 Å². The van der Waals surface area contributed by atoms with Crippen LogP contribution in [-0.4, -0.2) is 272 Å². The fraction of sp³-hybridized carbons (Fsp3) is 0.575. The van der Waals surface area contributed by atoms with Gasteiger partial charge >= 0.3 is 0 Å². The minimum atomic E-state index is -1.74. The molecule has 4 aromatic carbocycles. The van der Waals surface area contributed by atoms with Crippen LogP contribution in [0.4, 0.5) is 11.4 Å². The van der Waals surface area contributed by atoms with Gasteiger partial charge in [0.25, 0.3) is 0 Å². The SMILES string of the molecule is C[C@H]1O[C@H](CO)C(O[C@H]2O[C@H](CO)[C@@H](O)[C@H](O)[C@H]2OCCCNC(=O)CC[N+]2=C(/C=C/C=C/C=C/C=C3/N(CCC(=O)NCCCO[C@@H]4[C@@H](O)[C@H](OC5O[C@H](CO)[C@@H](O)[C@H](O)[C@H]5O)[C@@H](CO)O[C@@H]4C)c4ccc5ccccc5c4C3(C)C)C(C)(C)c3c2ccc2ccccc32)[C@H](O)[C@H]1O. The molecule has 2 amide bonds. The molecule has 10 rings (SSSR count). The summed E-state index contributed by atoms with van der Waals surface area (Å²) in [6.45, 7) is 10.7. The van der Waals surface area contributed by atoms with Gasteiger partial charge in [0.05, 0.1) is 50.5 Å². The van der Waals surface area contributed by atoms with E-state index < -0.39 is 160 Å². The number of hydrogen-bond acceptors (Lipinski definition) is 23. The first-order chi connectivity index (χ1) is 47.5. The molecule has 4 saturated heterocycles. The molecule has 0 spiro atoms. The van der Waals surface area contributed by atoms with E-state index in [1.54, 1.807) is 6.92 Å². The van der Waals surface area contributed by atoms with Crippen molar-refractivity contribution in [2.24, 2.45) is 0 Å². The normalized spacial score (nSPS) is 33.4. The van der Waals surface area contributed by atoms with Gasteiger partial charge in [0, 0.05) is 73.8 Å². The first kappa shape index (κ1) is 75.6. The number of rotatable bonds is 28. The molecule has 99 heavy (non-hydrogen) atoms. The predicted octanol–water partition coefficient (Wildman–Crippen LogP) is 0.934. The molecule has 6 aliphatic rings. The van der Waals surface area contributed by atoms with Crippen LogP contribution in [0, 0.1) is 0 Å². The molecule has 6 aliphatic heterocycles. The molecular formula is C73H99N4O22+. The Morgan fingerprint density at radius 2 is 1.05 bits per heavy atom. The van der Waals surface area contributed by atoms with Crippen LogP contribution in [0.3, 0.4) is 0 Å². The van der Waals surface area contributed by atoms with Crippen LogP contribution in [0.2, 0.25) is 0 Å². The number of anilines is 1. The minimum absolute atomic E-state index is 0.0330. The van der Waals surface area contributed by atoms with Crippen LogP contribution < -0.4 is 15.5 Å². The lowest BCUT2D eigenvalue weighted by molar-refractivity contribution is -0.436. The third kappa shape index (κ3) is 16.3. The third-order valence-electron chi connectivity index (χ3n) is 19.9. The summed E-state index contributed by atoms with van der Waals surface area (Å²) >= 11 is 0. The Morgan fingerprint density at radius 3 is 1.70 bits per heavy atom. The van der Waals surface area contributed by atoms with Crippen LogP contribution in [0.15, 0.2) is 121 Å². The Hall–Kier alpha value is -6.03. The maximum Gasteiger partial charge on any atom is 0.226 e. The Labute approximate surface area is 575 Å². The van der Waals surface area contributed by atoms with Crippen molar-refractivity contribution in [3.8, 4) is 0 Å². The van der Waals surface area contributed by atoms with Crippen molar-refractivity contribution in [2.45, 2.75) is 201 Å². The van der Waals surface area contributed by atoms with Gasteiger partial charge in [0.2, 0.25) is 17.5 Å². The van der Waals surface area contributed by atoms with Gasteiger partial charge in [0.15, 0.2) is 24.8 Å². The molecule has 2 unspecified atom stereocenters. The molecule has 26 nitrogen and oxygen atoms in total. The van der Waals surface area contributed by atoms with E-state index in [1.165, 1.54) is 6.92 Å². The number of carbonyl (C=O) groups is 2. The van der Waals surface area contributed by atoms with Crippen LogP contribution >= 0.6 is 0 Å². The molecule has 0 radical (unpaired) electrons. The van der Waals surface area contributed by atoms with Crippen molar-refractivity contribution in [1.82, 2.24) is 10.6 Å². The molecule has 6 heterocycles. The molecular weight excluding hydrogens is 1280 g/mol. The van der Waals surface area contributed by atoms with Crippen LogP contribution in [-0.2, 0) is 58.3 Å². The van der Waals surface area contributed by atoms with Crippen molar-refractivity contribution in [1.29, 1.82) is 0 Å². The molecule has 4 fully saturated rings. The zero-order valence-electron chi connectivity index (χ0n) is 56.8. The number of nitrogens with one attached hydrogen (secondary N) is 2. The molecule has 4 aromatic rings. The number of fused-ring (bicyclic) bond motifs is 6. The second kappa shape index (κ2) is 33.4. The quantitative estimate of drug-likeness (QED) is 0.0214. The van der Waals surface area contributed by atoms with E-state index in [-0.39, 0.29) is 57.4 Å². The summed E-state index contributed by atoms with van der Waals surface area (Å²) in [5.74, 6) is -0.388. The molecule has 542 valence electrons. The first-order valence-corrected chi connectivity index (χ1v) is 34.2. The van der Waals surface area contributed by atoms with E-state index in [4.69, 9.17) is 37.9 Å². The molecule has 0 bridgehead atoms. The number of aliphatic hydroxyl groups is 12. The highest BCUT2D eigenvalue weighted by atomic mass is 16.7. The van der Waals surface area contributed by atoms with Crippen molar-refractivity contribution < 1.29 is 113 Å². The third-order valence-corrected chi connectivity index (χ3v) is 19.9. The summed E-state index contributed by atoms with van der Waals surface area (Å²) in [7, 11) is 0. The van der Waals surface area contributed by atoms with Crippen molar-refractivity contribution in [2.75, 3.05) is 70.7 Å². The maximum absolute atomic E-state index is 13.6. The predicted molar refractivity (Wildman–Crippen MR) is 363 cm³/mol. The minimum Gasteiger partial charge on any atom is -0.394 e. The number of aliphatic hydroxyl groups excluding tert-OH is 12. The Kier molecular flexibility index (Phi) is 25.5. The summed E-state index contributed by atoms with van der Waals surface area (Å²) < 4.78 is 48.9. The number of nitrogens with zero attached hydrogens (tertiary/aromatic N) is 2. The summed E-state index contributed by atoms with van der Waals surface area (Å²) in [5, 5.41) is 136. The average molecular weight is 1380 g/mol. The molecule has 0 aliphatic carbocycles. The van der Waals surface area contributed by atoms with Gasteiger partial charge in [-0.15, -0.1) is 0 Å². The second-order valence-electron chi connectivity index (χ2n) is 27.3. The Bertz CT molecular complexity index is 3560. The zero-order valence-corrected chi connectivity index (χ0v) is 56.8. The molecule has 26 heteroatoms. The van der Waals surface area contributed by atoms with Crippen LogP contribution in [0.25, 0.3) is 21.5 Å². The topological polar surface area (TPSA) is 381 Å². The average Bonchev–Trinajstić information content (AvgIpc) is 1.58. The number of amides is 2. The Balaban J connectivity index is 0.757. The van der Waals surface area contributed by atoms with Gasteiger partial charge < -0.3 is 115 Å². The lowest BCUT2D eigenvalue weighted by Crippen LogP contribution is -2.64. The van der Waals surface area contributed by atoms with Crippen LogP contribution in [0.5, 0.6) is 0 Å². The largest absolute Gasteiger partial charge is 0.394 e. The smallest absolute Gasteiger partial charge is 0.226 e. The van der Waals surface area contributed by atoms with Crippen LogP contribution in [0.1, 0.15) is 78.4 Å². The first-order valence-electron chi connectivity index (χ1n) is 34.2. The monoisotopic (exact) mass is 1380 g/mol.